The molecule has 2 aromatic heterocycles. The van der Waals surface area contributed by atoms with E-state index in [1.807, 2.05) is 36.5 Å². The van der Waals surface area contributed by atoms with Crippen molar-refractivity contribution in [3.8, 4) is 11.3 Å². The SMILES string of the molecule is CCn1c(-c2ccccc2)cnc1SCC(=O)Nc1sc2c(c1C(N)=O)CCC2. The Bertz CT molecular complexity index is 1060. The van der Waals surface area contributed by atoms with Gasteiger partial charge >= 0.3 is 0 Å². The van der Waals surface area contributed by atoms with Gasteiger partial charge in [0.05, 0.1) is 23.2 Å². The molecule has 0 saturated heterocycles. The van der Waals surface area contributed by atoms with E-state index >= 15 is 0 Å². The molecule has 2 amide bonds. The lowest BCUT2D eigenvalue weighted by Gasteiger charge is -2.09. The van der Waals surface area contributed by atoms with E-state index in [-0.39, 0.29) is 11.7 Å². The molecule has 0 fully saturated rings. The number of rotatable bonds is 7. The van der Waals surface area contributed by atoms with Crippen LogP contribution in [-0.4, -0.2) is 27.1 Å². The van der Waals surface area contributed by atoms with E-state index in [0.717, 1.165) is 52.7 Å². The number of carbonyl (C=O) groups is 2. The molecule has 0 aliphatic heterocycles. The van der Waals surface area contributed by atoms with Crippen molar-refractivity contribution in [1.29, 1.82) is 0 Å². The van der Waals surface area contributed by atoms with Gasteiger partial charge in [0.1, 0.15) is 5.00 Å². The molecule has 6 nitrogen and oxygen atoms in total. The zero-order chi connectivity index (χ0) is 20.4. The Morgan fingerprint density at radius 1 is 1.28 bits per heavy atom. The number of nitrogens with two attached hydrogens (primary N) is 1. The Morgan fingerprint density at radius 3 is 2.79 bits per heavy atom. The number of thioether (sulfide) groups is 1. The van der Waals surface area contributed by atoms with E-state index in [9.17, 15) is 9.59 Å². The van der Waals surface area contributed by atoms with E-state index in [2.05, 4.69) is 21.8 Å². The van der Waals surface area contributed by atoms with Gasteiger partial charge < -0.3 is 15.6 Å². The van der Waals surface area contributed by atoms with Gasteiger partial charge in [0.15, 0.2) is 5.16 Å². The van der Waals surface area contributed by atoms with E-state index < -0.39 is 5.91 Å². The Balaban J connectivity index is 1.46. The molecule has 150 valence electrons. The molecule has 8 heteroatoms. The van der Waals surface area contributed by atoms with Gasteiger partial charge in [-0.3, -0.25) is 9.59 Å². The molecule has 0 atom stereocenters. The summed E-state index contributed by atoms with van der Waals surface area (Å²) in [4.78, 5) is 30.1. The van der Waals surface area contributed by atoms with E-state index in [1.165, 1.54) is 23.1 Å². The number of anilines is 1. The highest BCUT2D eigenvalue weighted by molar-refractivity contribution is 7.99. The highest BCUT2D eigenvalue weighted by Gasteiger charge is 2.26. The average Bonchev–Trinajstić information content (AvgIpc) is 3.40. The van der Waals surface area contributed by atoms with Gasteiger partial charge in [-0.2, -0.15) is 0 Å². The number of hydrogen-bond donors (Lipinski definition) is 2. The molecule has 1 aliphatic carbocycles. The summed E-state index contributed by atoms with van der Waals surface area (Å²) >= 11 is 2.86. The van der Waals surface area contributed by atoms with Crippen LogP contribution in [0.2, 0.25) is 0 Å². The molecule has 0 radical (unpaired) electrons. The van der Waals surface area contributed by atoms with Crippen LogP contribution in [0.4, 0.5) is 5.00 Å². The molecule has 2 heterocycles. The lowest BCUT2D eigenvalue weighted by Crippen LogP contribution is -2.19. The number of aromatic nitrogens is 2. The van der Waals surface area contributed by atoms with E-state index in [4.69, 9.17) is 5.73 Å². The Kier molecular flexibility index (Phi) is 5.73. The molecular weight excluding hydrogens is 404 g/mol. The number of amides is 2. The molecule has 29 heavy (non-hydrogen) atoms. The summed E-state index contributed by atoms with van der Waals surface area (Å²) in [5.74, 6) is -0.419. The Hall–Kier alpha value is -2.58. The van der Waals surface area contributed by atoms with Crippen LogP contribution < -0.4 is 11.1 Å². The number of carbonyl (C=O) groups excluding carboxylic acids is 2. The van der Waals surface area contributed by atoms with Gasteiger partial charge in [-0.05, 0) is 37.3 Å². The minimum absolute atomic E-state index is 0.163. The number of primary amides is 1. The van der Waals surface area contributed by atoms with Gasteiger partial charge in [-0.1, -0.05) is 42.1 Å². The molecule has 1 aromatic carbocycles. The van der Waals surface area contributed by atoms with Crippen LogP contribution in [0, 0.1) is 0 Å². The lowest BCUT2D eigenvalue weighted by atomic mass is 10.1. The maximum Gasteiger partial charge on any atom is 0.251 e. The van der Waals surface area contributed by atoms with Crippen molar-refractivity contribution in [3.05, 3.63) is 52.5 Å². The second-order valence-electron chi connectivity index (χ2n) is 6.80. The molecule has 0 spiro atoms. The number of imidazole rings is 1. The maximum absolute atomic E-state index is 12.5. The Morgan fingerprint density at radius 2 is 2.07 bits per heavy atom. The standard InChI is InChI=1S/C21H22N4O2S2/c1-2-25-15(13-7-4-3-5-8-13)11-23-21(25)28-12-17(26)24-20-18(19(22)27)14-9-6-10-16(14)29-20/h3-5,7-8,11H,2,6,9-10,12H2,1H3,(H2,22,27)(H,24,26). The third-order valence-electron chi connectivity index (χ3n) is 4.96. The minimum atomic E-state index is -0.471. The third-order valence-corrected chi connectivity index (χ3v) is 7.16. The van der Waals surface area contributed by atoms with Gasteiger partial charge in [0, 0.05) is 11.4 Å². The fourth-order valence-corrected chi connectivity index (χ4v) is 5.82. The van der Waals surface area contributed by atoms with Crippen LogP contribution in [0.1, 0.15) is 34.1 Å². The summed E-state index contributed by atoms with van der Waals surface area (Å²) in [5.41, 5.74) is 9.19. The lowest BCUT2D eigenvalue weighted by molar-refractivity contribution is -0.113. The number of nitrogens with zero attached hydrogens (tertiary/aromatic N) is 2. The largest absolute Gasteiger partial charge is 0.365 e. The second kappa shape index (κ2) is 8.42. The molecule has 0 unspecified atom stereocenters. The highest BCUT2D eigenvalue weighted by atomic mass is 32.2. The summed E-state index contributed by atoms with van der Waals surface area (Å²) in [6.07, 6.45) is 4.68. The van der Waals surface area contributed by atoms with Crippen LogP contribution in [0.5, 0.6) is 0 Å². The highest BCUT2D eigenvalue weighted by Crippen LogP contribution is 2.39. The van der Waals surface area contributed by atoms with Gasteiger partial charge in [-0.15, -0.1) is 11.3 Å². The first-order valence-corrected chi connectivity index (χ1v) is 11.4. The summed E-state index contributed by atoms with van der Waals surface area (Å²) in [6, 6.07) is 10.1. The fraction of sp³-hybridized carbons (Fsp3) is 0.286. The summed E-state index contributed by atoms with van der Waals surface area (Å²) in [5, 5.41) is 4.27. The van der Waals surface area contributed by atoms with Gasteiger partial charge in [-0.25, -0.2) is 4.98 Å². The minimum Gasteiger partial charge on any atom is -0.365 e. The van der Waals surface area contributed by atoms with Crippen molar-refractivity contribution in [1.82, 2.24) is 9.55 Å². The predicted octanol–water partition coefficient (Wildman–Crippen LogP) is 3.95. The van der Waals surface area contributed by atoms with Crippen molar-refractivity contribution < 1.29 is 9.59 Å². The molecule has 4 rings (SSSR count). The maximum atomic E-state index is 12.5. The van der Waals surface area contributed by atoms with Crippen molar-refractivity contribution in [2.24, 2.45) is 5.73 Å². The molecular formula is C21H22N4O2S2. The molecule has 0 bridgehead atoms. The monoisotopic (exact) mass is 426 g/mol. The zero-order valence-electron chi connectivity index (χ0n) is 16.1. The molecule has 1 aliphatic rings. The summed E-state index contributed by atoms with van der Waals surface area (Å²) < 4.78 is 2.10. The average molecular weight is 427 g/mol. The first kappa shape index (κ1) is 19.7. The number of fused-ring (bicyclic) bond motifs is 1. The molecule has 3 N–H and O–H groups in total. The first-order valence-electron chi connectivity index (χ1n) is 9.56. The second-order valence-corrected chi connectivity index (χ2v) is 8.85. The van der Waals surface area contributed by atoms with Crippen molar-refractivity contribution in [2.45, 2.75) is 37.9 Å². The van der Waals surface area contributed by atoms with Crippen molar-refractivity contribution >= 4 is 39.9 Å². The van der Waals surface area contributed by atoms with E-state index in [1.54, 1.807) is 0 Å². The topological polar surface area (TPSA) is 90.0 Å². The summed E-state index contributed by atoms with van der Waals surface area (Å²) in [7, 11) is 0. The molecule has 0 saturated carbocycles. The van der Waals surface area contributed by atoms with Gasteiger partial charge in [0.2, 0.25) is 5.91 Å². The summed E-state index contributed by atoms with van der Waals surface area (Å²) in [6.45, 7) is 2.82. The van der Waals surface area contributed by atoms with Crippen LogP contribution in [-0.2, 0) is 24.2 Å². The Labute approximate surface area is 177 Å². The van der Waals surface area contributed by atoms with Crippen LogP contribution in [0.25, 0.3) is 11.3 Å². The normalized spacial score (nSPS) is 12.7. The van der Waals surface area contributed by atoms with Crippen LogP contribution in [0.15, 0.2) is 41.7 Å². The van der Waals surface area contributed by atoms with E-state index in [0.29, 0.717) is 10.6 Å². The zero-order valence-corrected chi connectivity index (χ0v) is 17.7. The van der Waals surface area contributed by atoms with Crippen molar-refractivity contribution in [3.63, 3.8) is 0 Å². The molecule has 3 aromatic rings. The first-order chi connectivity index (χ1) is 14.1. The van der Waals surface area contributed by atoms with Crippen molar-refractivity contribution in [2.75, 3.05) is 11.1 Å². The third kappa shape index (κ3) is 3.95. The predicted molar refractivity (Wildman–Crippen MR) is 118 cm³/mol. The quantitative estimate of drug-likeness (QED) is 0.560. The van der Waals surface area contributed by atoms with Crippen LogP contribution >= 0.6 is 23.1 Å². The number of hydrogen-bond acceptors (Lipinski definition) is 5. The number of nitrogens with one attached hydrogen (secondary N) is 1. The smallest absolute Gasteiger partial charge is 0.251 e. The fourth-order valence-electron chi connectivity index (χ4n) is 3.66. The number of thiophene rings is 1. The number of benzene rings is 1. The van der Waals surface area contributed by atoms with Gasteiger partial charge in [0.25, 0.3) is 5.91 Å². The van der Waals surface area contributed by atoms with Crippen LogP contribution in [0.3, 0.4) is 0 Å². The number of aryl methyl sites for hydroxylation is 1.